The van der Waals surface area contributed by atoms with Crippen molar-refractivity contribution in [2.45, 2.75) is 19.1 Å². The topological polar surface area (TPSA) is 67.4 Å². The maximum absolute atomic E-state index is 12.5. The van der Waals surface area contributed by atoms with Gasteiger partial charge in [-0.3, -0.25) is 9.59 Å². The van der Waals surface area contributed by atoms with E-state index >= 15 is 0 Å². The van der Waals surface area contributed by atoms with Crippen molar-refractivity contribution in [3.05, 3.63) is 59.1 Å². The van der Waals surface area contributed by atoms with Crippen molar-refractivity contribution in [3.8, 4) is 5.75 Å². The van der Waals surface area contributed by atoms with Crippen LogP contribution in [-0.2, 0) is 16.1 Å². The van der Waals surface area contributed by atoms with Crippen LogP contribution in [0, 0.1) is 0 Å². The third-order valence-corrected chi connectivity index (χ3v) is 3.89. The second-order valence-corrected chi connectivity index (χ2v) is 5.83. The molecule has 0 aromatic heterocycles. The number of halogens is 1. The molecule has 0 bridgehead atoms. The summed E-state index contributed by atoms with van der Waals surface area (Å²) in [5, 5.41) is 5.99. The van der Waals surface area contributed by atoms with Gasteiger partial charge in [0.15, 0.2) is 0 Å². The van der Waals surface area contributed by atoms with Crippen molar-refractivity contribution in [2.75, 3.05) is 5.32 Å². The highest BCUT2D eigenvalue weighted by Crippen LogP contribution is 2.33. The smallest absolute Gasteiger partial charge is 0.278 e. The van der Waals surface area contributed by atoms with Crippen LogP contribution >= 0.6 is 11.6 Å². The van der Waals surface area contributed by atoms with Crippen molar-refractivity contribution in [1.82, 2.24) is 5.32 Å². The van der Waals surface area contributed by atoms with Crippen LogP contribution in [0.2, 0.25) is 5.02 Å². The molecule has 1 heterocycles. The first kappa shape index (κ1) is 15.4. The summed E-state index contributed by atoms with van der Waals surface area (Å²) in [6.07, 6.45) is 0. The van der Waals surface area contributed by atoms with Crippen molar-refractivity contribution < 1.29 is 14.3 Å². The molecule has 0 saturated carbocycles. The lowest BCUT2D eigenvalue weighted by Crippen LogP contribution is -2.58. The van der Waals surface area contributed by atoms with Gasteiger partial charge in [-0.15, -0.1) is 0 Å². The molecule has 2 aromatic rings. The summed E-state index contributed by atoms with van der Waals surface area (Å²) < 4.78 is 5.66. The first-order valence-electron chi connectivity index (χ1n) is 7.11. The Kier molecular flexibility index (Phi) is 3.96. The van der Waals surface area contributed by atoms with Gasteiger partial charge in [-0.2, -0.15) is 0 Å². The fourth-order valence-corrected chi connectivity index (χ4v) is 2.53. The Morgan fingerprint density at radius 3 is 2.83 bits per heavy atom. The van der Waals surface area contributed by atoms with E-state index in [1.54, 1.807) is 42.5 Å². The maximum atomic E-state index is 12.5. The average Bonchev–Trinajstić information content (AvgIpc) is 2.53. The van der Waals surface area contributed by atoms with Crippen molar-refractivity contribution >= 4 is 29.1 Å². The molecule has 6 heteroatoms. The number of carbonyl (C=O) groups excluding carboxylic acids is 2. The maximum Gasteiger partial charge on any atom is 0.278 e. The van der Waals surface area contributed by atoms with Gasteiger partial charge in [0.05, 0.1) is 5.69 Å². The minimum Gasteiger partial charge on any atom is -0.466 e. The third-order valence-electron chi connectivity index (χ3n) is 3.66. The van der Waals surface area contributed by atoms with Crippen LogP contribution in [0.25, 0.3) is 0 Å². The van der Waals surface area contributed by atoms with E-state index in [4.69, 9.17) is 16.3 Å². The van der Waals surface area contributed by atoms with E-state index in [1.165, 1.54) is 6.92 Å². The summed E-state index contributed by atoms with van der Waals surface area (Å²) in [4.78, 5) is 24.7. The molecule has 0 aliphatic carbocycles. The zero-order valence-corrected chi connectivity index (χ0v) is 13.2. The lowest BCUT2D eigenvalue weighted by atomic mass is 10.0. The van der Waals surface area contributed by atoms with Crippen LogP contribution in [0.3, 0.4) is 0 Å². The molecule has 2 N–H and O–H groups in total. The van der Waals surface area contributed by atoms with Crippen LogP contribution in [-0.4, -0.2) is 17.4 Å². The molecule has 0 radical (unpaired) electrons. The summed E-state index contributed by atoms with van der Waals surface area (Å²) in [5.74, 6) is -0.545. The van der Waals surface area contributed by atoms with E-state index in [0.717, 1.165) is 5.56 Å². The second kappa shape index (κ2) is 5.93. The highest BCUT2D eigenvalue weighted by atomic mass is 35.5. The molecule has 1 aliphatic heterocycles. The Morgan fingerprint density at radius 2 is 2.04 bits per heavy atom. The number of fused-ring (bicyclic) bond motifs is 1. The van der Waals surface area contributed by atoms with E-state index in [0.29, 0.717) is 16.5 Å². The Labute approximate surface area is 138 Å². The molecule has 5 nitrogen and oxygen atoms in total. The molecule has 0 spiro atoms. The number of carbonyl (C=O) groups is 2. The molecular formula is C17H15ClN2O3. The summed E-state index contributed by atoms with van der Waals surface area (Å²) in [6.45, 7) is 1.71. The minimum atomic E-state index is -1.62. The van der Waals surface area contributed by atoms with Gasteiger partial charge in [-0.25, -0.2) is 0 Å². The van der Waals surface area contributed by atoms with E-state index in [9.17, 15) is 9.59 Å². The standard InChI is InChI=1S/C17H15ClN2O3/c1-17(15(21)19-10-11-5-4-6-12(18)9-11)16(22)20-13-7-2-3-8-14(13)23-17/h2-9H,10H2,1H3,(H,19,21)(H,20,22). The third kappa shape index (κ3) is 3.00. The molecule has 23 heavy (non-hydrogen) atoms. The molecule has 0 saturated heterocycles. The number of rotatable bonds is 3. The Morgan fingerprint density at radius 1 is 1.26 bits per heavy atom. The summed E-state index contributed by atoms with van der Waals surface area (Å²) in [6, 6.07) is 14.1. The van der Waals surface area contributed by atoms with Crippen molar-refractivity contribution in [1.29, 1.82) is 0 Å². The SMILES string of the molecule is CC1(C(=O)NCc2cccc(Cl)c2)Oc2ccccc2NC1=O. The van der Waals surface area contributed by atoms with Gasteiger partial charge in [-0.1, -0.05) is 35.9 Å². The zero-order valence-electron chi connectivity index (χ0n) is 12.4. The number of amides is 2. The van der Waals surface area contributed by atoms with E-state index in [2.05, 4.69) is 10.6 Å². The largest absolute Gasteiger partial charge is 0.466 e. The lowest BCUT2D eigenvalue weighted by molar-refractivity contribution is -0.146. The van der Waals surface area contributed by atoms with E-state index < -0.39 is 17.4 Å². The quantitative estimate of drug-likeness (QED) is 0.850. The summed E-state index contributed by atoms with van der Waals surface area (Å²) in [7, 11) is 0. The fraction of sp³-hybridized carbons (Fsp3) is 0.176. The van der Waals surface area contributed by atoms with Gasteiger partial charge in [-0.05, 0) is 36.8 Å². The van der Waals surface area contributed by atoms with Crippen LogP contribution in [0.1, 0.15) is 12.5 Å². The lowest BCUT2D eigenvalue weighted by Gasteiger charge is -2.33. The van der Waals surface area contributed by atoms with Crippen LogP contribution in [0.15, 0.2) is 48.5 Å². The van der Waals surface area contributed by atoms with Gasteiger partial charge in [0.1, 0.15) is 5.75 Å². The first-order valence-corrected chi connectivity index (χ1v) is 7.49. The molecule has 0 fully saturated rings. The first-order chi connectivity index (χ1) is 11.0. The molecular weight excluding hydrogens is 316 g/mol. The number of benzene rings is 2. The number of hydrogen-bond acceptors (Lipinski definition) is 3. The molecule has 1 atom stereocenters. The molecule has 3 rings (SSSR count). The molecule has 2 amide bonds. The molecule has 2 aromatic carbocycles. The number of ether oxygens (including phenoxy) is 1. The number of nitrogens with one attached hydrogen (secondary N) is 2. The second-order valence-electron chi connectivity index (χ2n) is 5.40. The predicted molar refractivity (Wildman–Crippen MR) is 87.4 cm³/mol. The minimum absolute atomic E-state index is 0.257. The Bertz CT molecular complexity index is 778. The van der Waals surface area contributed by atoms with Crippen LogP contribution in [0.5, 0.6) is 5.75 Å². The van der Waals surface area contributed by atoms with E-state index in [1.807, 2.05) is 6.07 Å². The van der Waals surface area contributed by atoms with E-state index in [-0.39, 0.29) is 6.54 Å². The normalized spacial score (nSPS) is 19.3. The molecule has 118 valence electrons. The molecule has 1 aliphatic rings. The summed E-state index contributed by atoms with van der Waals surface area (Å²) in [5.41, 5.74) is -0.226. The van der Waals surface area contributed by atoms with Gasteiger partial charge in [0.25, 0.3) is 17.4 Å². The van der Waals surface area contributed by atoms with Gasteiger partial charge in [0, 0.05) is 11.6 Å². The van der Waals surface area contributed by atoms with Crippen LogP contribution < -0.4 is 15.4 Å². The predicted octanol–water partition coefficient (Wildman–Crippen LogP) is 2.75. The monoisotopic (exact) mass is 330 g/mol. The Hall–Kier alpha value is -2.53. The number of anilines is 1. The van der Waals surface area contributed by atoms with Gasteiger partial charge < -0.3 is 15.4 Å². The Balaban J connectivity index is 1.75. The van der Waals surface area contributed by atoms with Gasteiger partial charge >= 0.3 is 0 Å². The van der Waals surface area contributed by atoms with Gasteiger partial charge in [0.2, 0.25) is 0 Å². The molecule has 1 unspecified atom stereocenters. The average molecular weight is 331 g/mol. The van der Waals surface area contributed by atoms with Crippen molar-refractivity contribution in [3.63, 3.8) is 0 Å². The highest BCUT2D eigenvalue weighted by molar-refractivity contribution is 6.30. The summed E-state index contributed by atoms with van der Waals surface area (Å²) >= 11 is 5.91. The number of hydrogen-bond donors (Lipinski definition) is 2. The highest BCUT2D eigenvalue weighted by Gasteiger charge is 2.47. The van der Waals surface area contributed by atoms with Crippen molar-refractivity contribution in [2.24, 2.45) is 0 Å². The van der Waals surface area contributed by atoms with Crippen LogP contribution in [0.4, 0.5) is 5.69 Å². The zero-order chi connectivity index (χ0) is 16.4. The fourth-order valence-electron chi connectivity index (χ4n) is 2.31. The number of para-hydroxylation sites is 2.